The second-order valence-corrected chi connectivity index (χ2v) is 7.60. The Hall–Kier alpha value is -0.770. The number of hydrogen-bond donors (Lipinski definition) is 1. The van der Waals surface area contributed by atoms with Crippen molar-refractivity contribution >= 4 is 5.90 Å². The van der Waals surface area contributed by atoms with Crippen molar-refractivity contribution in [2.24, 2.45) is 22.9 Å². The summed E-state index contributed by atoms with van der Waals surface area (Å²) in [4.78, 5) is 5.18. The van der Waals surface area contributed by atoms with Crippen molar-refractivity contribution in [1.29, 1.82) is 0 Å². The van der Waals surface area contributed by atoms with Crippen LogP contribution in [0.4, 0.5) is 0 Å². The molecule has 2 heterocycles. The third-order valence-electron chi connectivity index (χ3n) is 5.79. The molecule has 3 aliphatic rings. The molecule has 0 amide bonds. The normalized spacial score (nSPS) is 37.6. The predicted octanol–water partition coefficient (Wildman–Crippen LogP) is 4.35. The van der Waals surface area contributed by atoms with E-state index in [-0.39, 0.29) is 6.10 Å². The second-order valence-electron chi connectivity index (χ2n) is 7.60. The standard InChI is InChI=1S/C10H18N2O2.C9H18/c1-3-8-6-13-12-10(14-8)9-4-5-11-7(9)2;1-8-6-4-3-5-7-9(8)2/h7-9,11H,3-6H2,1-2H3;8-9H,3-7H2,1-2H3. The van der Waals surface area contributed by atoms with Gasteiger partial charge in [0.05, 0.1) is 5.92 Å². The zero-order valence-electron chi connectivity index (χ0n) is 15.5. The van der Waals surface area contributed by atoms with Gasteiger partial charge in [0.15, 0.2) is 6.61 Å². The van der Waals surface area contributed by atoms with Crippen LogP contribution in [0.5, 0.6) is 0 Å². The summed E-state index contributed by atoms with van der Waals surface area (Å²) in [7, 11) is 0. The number of nitrogens with one attached hydrogen (secondary N) is 1. The molecule has 1 saturated carbocycles. The van der Waals surface area contributed by atoms with Gasteiger partial charge in [-0.1, -0.05) is 58.0 Å². The van der Waals surface area contributed by atoms with Gasteiger partial charge in [-0.25, -0.2) is 0 Å². The van der Waals surface area contributed by atoms with Crippen LogP contribution < -0.4 is 5.32 Å². The van der Waals surface area contributed by atoms with Gasteiger partial charge >= 0.3 is 0 Å². The van der Waals surface area contributed by atoms with E-state index in [1.807, 2.05) is 0 Å². The van der Waals surface area contributed by atoms with E-state index in [0.29, 0.717) is 18.6 Å². The highest BCUT2D eigenvalue weighted by atomic mass is 16.7. The molecule has 2 aliphatic heterocycles. The summed E-state index contributed by atoms with van der Waals surface area (Å²) in [5.74, 6) is 3.17. The highest BCUT2D eigenvalue weighted by Gasteiger charge is 2.32. The van der Waals surface area contributed by atoms with Gasteiger partial charge in [-0.2, -0.15) is 0 Å². The van der Waals surface area contributed by atoms with Gasteiger partial charge in [-0.05, 0) is 38.1 Å². The molecular weight excluding hydrogens is 288 g/mol. The molecule has 5 atom stereocenters. The summed E-state index contributed by atoms with van der Waals surface area (Å²) >= 11 is 0. The van der Waals surface area contributed by atoms with Gasteiger partial charge in [-0.3, -0.25) is 0 Å². The topological polar surface area (TPSA) is 42.8 Å². The molecule has 134 valence electrons. The first-order valence-corrected chi connectivity index (χ1v) is 9.71. The SMILES string of the molecule is CC1CCCCCC1C.CCC1CON=C(C2CCNC2C)O1. The summed E-state index contributed by atoms with van der Waals surface area (Å²) < 4.78 is 5.77. The van der Waals surface area contributed by atoms with Crippen molar-refractivity contribution in [2.45, 2.75) is 84.8 Å². The smallest absolute Gasteiger partial charge is 0.230 e. The highest BCUT2D eigenvalue weighted by molar-refractivity contribution is 5.79. The molecule has 3 rings (SSSR count). The Morgan fingerprint density at radius 1 is 1.04 bits per heavy atom. The Balaban J connectivity index is 0.000000185. The quantitative estimate of drug-likeness (QED) is 0.768. The predicted molar refractivity (Wildman–Crippen MR) is 95.5 cm³/mol. The Bertz CT molecular complexity index is 362. The number of nitrogens with zero attached hydrogens (tertiary/aromatic N) is 1. The Morgan fingerprint density at radius 3 is 2.30 bits per heavy atom. The zero-order chi connectivity index (χ0) is 16.7. The maximum atomic E-state index is 5.77. The van der Waals surface area contributed by atoms with Crippen molar-refractivity contribution in [1.82, 2.24) is 5.32 Å². The molecule has 4 nitrogen and oxygen atoms in total. The first-order chi connectivity index (χ1) is 11.1. The lowest BCUT2D eigenvalue weighted by molar-refractivity contribution is 0.000991. The minimum Gasteiger partial charge on any atom is -0.471 e. The number of oxime groups is 1. The van der Waals surface area contributed by atoms with Crippen LogP contribution in [0.1, 0.15) is 72.6 Å². The molecule has 0 radical (unpaired) electrons. The minimum absolute atomic E-state index is 0.190. The Morgan fingerprint density at radius 2 is 1.74 bits per heavy atom. The molecule has 5 unspecified atom stereocenters. The first kappa shape index (κ1) is 18.6. The molecule has 0 spiro atoms. The number of rotatable bonds is 2. The van der Waals surface area contributed by atoms with E-state index in [4.69, 9.17) is 9.57 Å². The molecule has 2 fully saturated rings. The molecule has 0 aromatic carbocycles. The Labute approximate surface area is 142 Å². The van der Waals surface area contributed by atoms with Gasteiger partial charge in [0.2, 0.25) is 5.90 Å². The molecule has 23 heavy (non-hydrogen) atoms. The molecular formula is C19H36N2O2. The summed E-state index contributed by atoms with van der Waals surface area (Å²) in [5.41, 5.74) is 0. The summed E-state index contributed by atoms with van der Waals surface area (Å²) in [6.45, 7) is 10.7. The van der Waals surface area contributed by atoms with E-state index in [1.165, 1.54) is 32.1 Å². The van der Waals surface area contributed by atoms with Crippen molar-refractivity contribution in [3.05, 3.63) is 0 Å². The third-order valence-corrected chi connectivity index (χ3v) is 5.79. The van der Waals surface area contributed by atoms with Crippen LogP contribution in [0.25, 0.3) is 0 Å². The molecule has 0 aromatic heterocycles. The lowest BCUT2D eigenvalue weighted by Crippen LogP contribution is -2.35. The lowest BCUT2D eigenvalue weighted by Gasteiger charge is -2.26. The van der Waals surface area contributed by atoms with E-state index in [2.05, 4.69) is 38.2 Å². The highest BCUT2D eigenvalue weighted by Crippen LogP contribution is 2.27. The van der Waals surface area contributed by atoms with Crippen molar-refractivity contribution in [2.75, 3.05) is 13.2 Å². The summed E-state index contributed by atoms with van der Waals surface area (Å²) in [6.07, 6.45) is 9.65. The van der Waals surface area contributed by atoms with Crippen molar-refractivity contribution in [3.8, 4) is 0 Å². The fourth-order valence-corrected chi connectivity index (χ4v) is 3.64. The van der Waals surface area contributed by atoms with Crippen LogP contribution >= 0.6 is 0 Å². The van der Waals surface area contributed by atoms with Gasteiger partial charge in [0, 0.05) is 6.04 Å². The summed E-state index contributed by atoms with van der Waals surface area (Å²) in [6, 6.07) is 0.452. The van der Waals surface area contributed by atoms with Crippen LogP contribution in [0.3, 0.4) is 0 Å². The maximum Gasteiger partial charge on any atom is 0.230 e. The maximum absolute atomic E-state index is 5.77. The Kier molecular flexibility index (Phi) is 7.68. The van der Waals surface area contributed by atoms with Crippen molar-refractivity contribution < 1.29 is 9.57 Å². The zero-order valence-corrected chi connectivity index (χ0v) is 15.5. The molecule has 1 saturated heterocycles. The van der Waals surface area contributed by atoms with Crippen LogP contribution in [0.15, 0.2) is 5.16 Å². The van der Waals surface area contributed by atoms with Crippen LogP contribution in [-0.4, -0.2) is 31.2 Å². The van der Waals surface area contributed by atoms with Gasteiger partial charge in [-0.15, -0.1) is 0 Å². The van der Waals surface area contributed by atoms with Crippen LogP contribution in [-0.2, 0) is 9.57 Å². The van der Waals surface area contributed by atoms with E-state index in [0.717, 1.165) is 37.1 Å². The molecule has 0 bridgehead atoms. The van der Waals surface area contributed by atoms with E-state index < -0.39 is 0 Å². The fourth-order valence-electron chi connectivity index (χ4n) is 3.64. The first-order valence-electron chi connectivity index (χ1n) is 9.71. The molecule has 0 aromatic rings. The second kappa shape index (κ2) is 9.51. The van der Waals surface area contributed by atoms with E-state index in [1.54, 1.807) is 0 Å². The van der Waals surface area contributed by atoms with Gasteiger partial charge < -0.3 is 14.9 Å². The van der Waals surface area contributed by atoms with E-state index in [9.17, 15) is 0 Å². The molecule has 4 heteroatoms. The van der Waals surface area contributed by atoms with Crippen LogP contribution in [0.2, 0.25) is 0 Å². The molecule has 1 N–H and O–H groups in total. The average Bonchev–Trinajstić information content (AvgIpc) is 2.91. The number of hydrogen-bond acceptors (Lipinski definition) is 4. The third kappa shape index (κ3) is 5.66. The van der Waals surface area contributed by atoms with E-state index >= 15 is 0 Å². The largest absolute Gasteiger partial charge is 0.471 e. The van der Waals surface area contributed by atoms with Gasteiger partial charge in [0.25, 0.3) is 0 Å². The van der Waals surface area contributed by atoms with Crippen molar-refractivity contribution in [3.63, 3.8) is 0 Å². The molecule has 1 aliphatic carbocycles. The van der Waals surface area contributed by atoms with Gasteiger partial charge in [0.1, 0.15) is 6.10 Å². The van der Waals surface area contributed by atoms with Crippen LogP contribution in [0, 0.1) is 17.8 Å². The monoisotopic (exact) mass is 324 g/mol. The average molecular weight is 325 g/mol. The fraction of sp³-hybridized carbons (Fsp3) is 0.947. The summed E-state index contributed by atoms with van der Waals surface area (Å²) in [5, 5.41) is 7.40. The minimum atomic E-state index is 0.190. The number of ether oxygens (including phenoxy) is 1. The lowest BCUT2D eigenvalue weighted by atomic mass is 9.92.